The third kappa shape index (κ3) is 3.14. The minimum atomic E-state index is -0.907. The van der Waals surface area contributed by atoms with Crippen LogP contribution < -0.4 is 0 Å². The third-order valence-corrected chi connectivity index (χ3v) is 6.30. The molecular weight excluding hydrogens is 306 g/mol. The van der Waals surface area contributed by atoms with Crippen LogP contribution in [0.1, 0.15) is 49.7 Å². The summed E-state index contributed by atoms with van der Waals surface area (Å²) in [6, 6.07) is 21.2. The molecule has 0 amide bonds. The summed E-state index contributed by atoms with van der Waals surface area (Å²) >= 11 is 0. The minimum Gasteiger partial charge on any atom is -0.380 e. The van der Waals surface area contributed by atoms with E-state index in [0.717, 1.165) is 17.5 Å². The molecule has 0 bridgehead atoms. The van der Waals surface area contributed by atoms with Crippen molar-refractivity contribution >= 4 is 0 Å². The van der Waals surface area contributed by atoms with Crippen molar-refractivity contribution in [1.29, 1.82) is 0 Å². The molecule has 1 heterocycles. The van der Waals surface area contributed by atoms with E-state index in [1.165, 1.54) is 45.2 Å². The summed E-state index contributed by atoms with van der Waals surface area (Å²) < 4.78 is 0. The van der Waals surface area contributed by atoms with Gasteiger partial charge in [-0.15, -0.1) is 0 Å². The molecule has 0 unspecified atom stereocenters. The molecule has 4 rings (SSSR count). The van der Waals surface area contributed by atoms with E-state index in [1.807, 2.05) is 12.1 Å². The molecule has 132 valence electrons. The zero-order valence-corrected chi connectivity index (χ0v) is 15.0. The average Bonchev–Trinajstić information content (AvgIpc) is 3.23. The van der Waals surface area contributed by atoms with Crippen LogP contribution in [0.2, 0.25) is 0 Å². The molecule has 0 spiro atoms. The quantitative estimate of drug-likeness (QED) is 0.884. The first-order valence-electron chi connectivity index (χ1n) is 9.87. The molecule has 2 heteroatoms. The highest BCUT2D eigenvalue weighted by atomic mass is 16.3. The van der Waals surface area contributed by atoms with Crippen LogP contribution in [-0.2, 0) is 5.60 Å². The number of hydrogen-bond donors (Lipinski definition) is 1. The van der Waals surface area contributed by atoms with Gasteiger partial charge in [-0.25, -0.2) is 0 Å². The fourth-order valence-corrected chi connectivity index (χ4v) is 5.09. The minimum absolute atomic E-state index is 0.254. The van der Waals surface area contributed by atoms with Crippen molar-refractivity contribution in [2.24, 2.45) is 5.92 Å². The molecule has 2 nitrogen and oxygen atoms in total. The smallest absolute Gasteiger partial charge is 0.119 e. The molecule has 2 fully saturated rings. The highest BCUT2D eigenvalue weighted by Crippen LogP contribution is 2.46. The van der Waals surface area contributed by atoms with Gasteiger partial charge in [-0.05, 0) is 49.9 Å². The molecule has 2 aromatic carbocycles. The first-order valence-corrected chi connectivity index (χ1v) is 9.87. The highest BCUT2D eigenvalue weighted by molar-refractivity contribution is 5.37. The molecule has 1 aliphatic carbocycles. The summed E-state index contributed by atoms with van der Waals surface area (Å²) in [5.74, 6) is 0.254. The number of rotatable bonds is 4. The van der Waals surface area contributed by atoms with Gasteiger partial charge in [0.2, 0.25) is 0 Å². The normalized spacial score (nSPS) is 25.2. The predicted molar refractivity (Wildman–Crippen MR) is 102 cm³/mol. The number of hydrogen-bond acceptors (Lipinski definition) is 2. The van der Waals surface area contributed by atoms with E-state index in [2.05, 4.69) is 53.4 Å². The Labute approximate surface area is 151 Å². The molecule has 2 aromatic rings. The molecule has 25 heavy (non-hydrogen) atoms. The first-order chi connectivity index (χ1) is 12.3. The van der Waals surface area contributed by atoms with Crippen molar-refractivity contribution in [3.63, 3.8) is 0 Å². The van der Waals surface area contributed by atoms with E-state index in [9.17, 15) is 5.11 Å². The van der Waals surface area contributed by atoms with Crippen LogP contribution in [0, 0.1) is 5.92 Å². The average molecular weight is 335 g/mol. The van der Waals surface area contributed by atoms with Gasteiger partial charge in [0.25, 0.3) is 0 Å². The Morgan fingerprint density at radius 1 is 0.720 bits per heavy atom. The van der Waals surface area contributed by atoms with E-state index < -0.39 is 5.60 Å². The molecular formula is C23H29NO. The Morgan fingerprint density at radius 2 is 1.24 bits per heavy atom. The second-order valence-electron chi connectivity index (χ2n) is 7.70. The lowest BCUT2D eigenvalue weighted by Crippen LogP contribution is -2.51. The van der Waals surface area contributed by atoms with Gasteiger partial charge in [-0.3, -0.25) is 4.90 Å². The van der Waals surface area contributed by atoms with Gasteiger partial charge in [0, 0.05) is 12.0 Å². The summed E-state index contributed by atoms with van der Waals surface area (Å²) in [5.41, 5.74) is 1.17. The van der Waals surface area contributed by atoms with Gasteiger partial charge >= 0.3 is 0 Å². The lowest BCUT2D eigenvalue weighted by Gasteiger charge is -2.47. The van der Waals surface area contributed by atoms with Crippen LogP contribution in [0.5, 0.6) is 0 Å². The molecule has 0 aromatic heterocycles. The molecule has 0 radical (unpaired) electrons. The van der Waals surface area contributed by atoms with Crippen molar-refractivity contribution < 1.29 is 5.11 Å². The van der Waals surface area contributed by atoms with E-state index in [4.69, 9.17) is 0 Å². The highest BCUT2D eigenvalue weighted by Gasteiger charge is 2.46. The number of aliphatic hydroxyl groups is 1. The van der Waals surface area contributed by atoms with Gasteiger partial charge < -0.3 is 5.11 Å². The lowest BCUT2D eigenvalue weighted by molar-refractivity contribution is -0.0434. The van der Waals surface area contributed by atoms with Gasteiger partial charge in [-0.2, -0.15) is 0 Å². The Kier molecular flexibility index (Phi) is 4.91. The van der Waals surface area contributed by atoms with Crippen molar-refractivity contribution in [3.8, 4) is 0 Å². The molecule has 1 aliphatic heterocycles. The second kappa shape index (κ2) is 7.31. The van der Waals surface area contributed by atoms with E-state index in [-0.39, 0.29) is 5.92 Å². The van der Waals surface area contributed by atoms with Crippen LogP contribution in [0.4, 0.5) is 0 Å². The number of likely N-dealkylation sites (tertiary alicyclic amines) is 1. The summed E-state index contributed by atoms with van der Waals surface area (Å²) in [4.78, 5) is 2.65. The maximum atomic E-state index is 12.2. The van der Waals surface area contributed by atoms with Crippen LogP contribution in [-0.4, -0.2) is 29.1 Å². The summed E-state index contributed by atoms with van der Waals surface area (Å²) in [5, 5.41) is 12.2. The maximum Gasteiger partial charge on any atom is 0.119 e. The van der Waals surface area contributed by atoms with Crippen LogP contribution >= 0.6 is 0 Å². The summed E-state index contributed by atoms with van der Waals surface area (Å²) in [6.07, 6.45) is 7.43. The lowest BCUT2D eigenvalue weighted by atomic mass is 9.67. The van der Waals surface area contributed by atoms with E-state index in [0.29, 0.717) is 6.04 Å². The second-order valence-corrected chi connectivity index (χ2v) is 7.70. The largest absolute Gasteiger partial charge is 0.380 e. The predicted octanol–water partition coefficient (Wildman–Crippen LogP) is 4.58. The Hall–Kier alpha value is -1.64. The van der Waals surface area contributed by atoms with Crippen LogP contribution in [0.3, 0.4) is 0 Å². The Bertz CT molecular complexity index is 624. The van der Waals surface area contributed by atoms with Crippen molar-refractivity contribution in [1.82, 2.24) is 4.90 Å². The molecule has 1 N–H and O–H groups in total. The molecule has 1 saturated carbocycles. The van der Waals surface area contributed by atoms with Crippen molar-refractivity contribution in [3.05, 3.63) is 71.8 Å². The number of nitrogens with zero attached hydrogens (tertiary/aromatic N) is 1. The fraction of sp³-hybridized carbons (Fsp3) is 0.478. The Morgan fingerprint density at radius 3 is 1.80 bits per heavy atom. The first kappa shape index (κ1) is 16.8. The van der Waals surface area contributed by atoms with E-state index in [1.54, 1.807) is 0 Å². The van der Waals surface area contributed by atoms with Gasteiger partial charge in [0.05, 0.1) is 0 Å². The topological polar surface area (TPSA) is 23.5 Å². The molecule has 2 aliphatic rings. The molecule has 2 atom stereocenters. The standard InChI is InChI=1S/C23H29NO/c25-23(19-11-3-1-4-12-19,20-13-5-2-6-14-20)21-15-7-8-16-22(21)24-17-9-10-18-24/h1-6,11-14,21-22,25H,7-10,15-18H2/t21-,22-/m0/s1. The van der Waals surface area contributed by atoms with Gasteiger partial charge in [0.1, 0.15) is 5.60 Å². The Balaban J connectivity index is 1.79. The third-order valence-electron chi connectivity index (χ3n) is 6.30. The number of benzene rings is 2. The maximum absolute atomic E-state index is 12.2. The SMILES string of the molecule is OC(c1ccccc1)(c1ccccc1)[C@H]1CCCC[C@@H]1N1CCCC1. The molecule has 1 saturated heterocycles. The zero-order chi connectivity index (χ0) is 17.1. The zero-order valence-electron chi connectivity index (χ0n) is 15.0. The van der Waals surface area contributed by atoms with Crippen molar-refractivity contribution in [2.45, 2.75) is 50.2 Å². The monoisotopic (exact) mass is 335 g/mol. The van der Waals surface area contributed by atoms with E-state index >= 15 is 0 Å². The van der Waals surface area contributed by atoms with Gasteiger partial charge in [-0.1, -0.05) is 73.5 Å². The summed E-state index contributed by atoms with van der Waals surface area (Å²) in [6.45, 7) is 2.39. The van der Waals surface area contributed by atoms with Crippen molar-refractivity contribution in [2.75, 3.05) is 13.1 Å². The van der Waals surface area contributed by atoms with Gasteiger partial charge in [0.15, 0.2) is 0 Å². The van der Waals surface area contributed by atoms with Crippen LogP contribution in [0.15, 0.2) is 60.7 Å². The fourth-order valence-electron chi connectivity index (χ4n) is 5.09. The van der Waals surface area contributed by atoms with Crippen LogP contribution in [0.25, 0.3) is 0 Å². The summed E-state index contributed by atoms with van der Waals surface area (Å²) in [7, 11) is 0.